The van der Waals surface area contributed by atoms with Crippen molar-refractivity contribution in [2.45, 2.75) is 11.1 Å². The summed E-state index contributed by atoms with van der Waals surface area (Å²) in [7, 11) is -0.462. The number of sulfonamides is 1. The van der Waals surface area contributed by atoms with Crippen molar-refractivity contribution >= 4 is 32.9 Å². The summed E-state index contributed by atoms with van der Waals surface area (Å²) in [5, 5.41) is 19.7. The highest BCUT2D eigenvalue weighted by atomic mass is 32.2. The molecule has 0 aliphatic heterocycles. The zero-order valence-corrected chi connectivity index (χ0v) is 14.5. The molecule has 0 fully saturated rings. The number of nitrogens with one attached hydrogen (secondary N) is 1. The van der Waals surface area contributed by atoms with E-state index in [0.29, 0.717) is 5.69 Å². The van der Waals surface area contributed by atoms with Crippen LogP contribution in [0, 0.1) is 17.0 Å². The van der Waals surface area contributed by atoms with E-state index in [1.54, 1.807) is 31.5 Å². The first-order valence-electron chi connectivity index (χ1n) is 6.67. The highest BCUT2D eigenvalue weighted by Crippen LogP contribution is 2.27. The van der Waals surface area contributed by atoms with Gasteiger partial charge >= 0.3 is 5.69 Å². The lowest BCUT2D eigenvalue weighted by atomic mass is 10.4. The summed E-state index contributed by atoms with van der Waals surface area (Å²) in [5.41, 5.74) is 0.204. The summed E-state index contributed by atoms with van der Waals surface area (Å²) in [4.78, 5) is 10.6. The number of hydrogen-bond acceptors (Lipinski definition) is 7. The van der Waals surface area contributed by atoms with Crippen LogP contribution in [0.25, 0.3) is 0 Å². The minimum absolute atomic E-state index is 0.101. The molecule has 0 spiro atoms. The van der Waals surface area contributed by atoms with Crippen molar-refractivity contribution in [3.8, 4) is 0 Å². The topological polar surface area (TPSA) is 110 Å². The van der Waals surface area contributed by atoms with Gasteiger partial charge in [-0.3, -0.25) is 10.1 Å². The van der Waals surface area contributed by atoms with Crippen LogP contribution in [0.5, 0.6) is 0 Å². The zero-order chi connectivity index (χ0) is 17.2. The summed E-state index contributed by atoms with van der Waals surface area (Å²) >= 11 is 1.15. The maximum absolute atomic E-state index is 12.3. The van der Waals surface area contributed by atoms with Crippen LogP contribution in [-0.4, -0.2) is 47.6 Å². The molecule has 126 valence electrons. The molecule has 9 nitrogen and oxygen atoms in total. The average Bonchev–Trinajstić information content (AvgIpc) is 3.07. The van der Waals surface area contributed by atoms with Crippen LogP contribution < -0.4 is 5.32 Å². The summed E-state index contributed by atoms with van der Waals surface area (Å²) in [6.07, 6.45) is 0. The molecule has 0 aromatic carbocycles. The van der Waals surface area contributed by atoms with E-state index in [1.165, 1.54) is 16.0 Å². The van der Waals surface area contributed by atoms with Crippen LogP contribution in [0.15, 0.2) is 21.7 Å². The monoisotopic (exact) mass is 359 g/mol. The number of thiophene rings is 1. The molecule has 0 atom stereocenters. The fourth-order valence-electron chi connectivity index (χ4n) is 2.08. The summed E-state index contributed by atoms with van der Waals surface area (Å²) in [5.74, 6) is 0.259. The van der Waals surface area contributed by atoms with Crippen molar-refractivity contribution in [1.82, 2.24) is 14.1 Å². The quantitative estimate of drug-likeness (QED) is 0.591. The summed E-state index contributed by atoms with van der Waals surface area (Å²) < 4.78 is 27.4. The Labute approximate surface area is 137 Å². The maximum atomic E-state index is 12.3. The Balaban J connectivity index is 2.05. The normalized spacial score (nSPS) is 11.8. The van der Waals surface area contributed by atoms with Gasteiger partial charge in [-0.1, -0.05) is 6.07 Å². The van der Waals surface area contributed by atoms with Crippen LogP contribution in [0.2, 0.25) is 0 Å². The summed E-state index contributed by atoms with van der Waals surface area (Å²) in [6.45, 7) is 1.94. The van der Waals surface area contributed by atoms with E-state index >= 15 is 0 Å². The lowest BCUT2D eigenvalue weighted by Crippen LogP contribution is -2.31. The average molecular weight is 359 g/mol. The molecule has 0 saturated carbocycles. The molecule has 0 aliphatic rings. The number of likely N-dealkylation sites (N-methyl/N-ethyl adjacent to an activating group) is 1. The third-order valence-corrected chi connectivity index (χ3v) is 6.48. The van der Waals surface area contributed by atoms with Crippen LogP contribution >= 0.6 is 11.3 Å². The smallest absolute Gasteiger partial charge is 0.333 e. The first-order chi connectivity index (χ1) is 10.7. The molecule has 0 aliphatic carbocycles. The van der Waals surface area contributed by atoms with Crippen molar-refractivity contribution in [1.29, 1.82) is 0 Å². The highest BCUT2D eigenvalue weighted by Gasteiger charge is 2.25. The van der Waals surface area contributed by atoms with Crippen LogP contribution in [-0.2, 0) is 17.1 Å². The van der Waals surface area contributed by atoms with Gasteiger partial charge in [0.1, 0.15) is 9.90 Å². The molecule has 2 aromatic rings. The molecule has 0 radical (unpaired) electrons. The van der Waals surface area contributed by atoms with Gasteiger partial charge in [-0.05, 0) is 18.4 Å². The fourth-order valence-corrected chi connectivity index (χ4v) is 4.45. The lowest BCUT2D eigenvalue weighted by molar-refractivity contribution is -0.384. The van der Waals surface area contributed by atoms with Crippen LogP contribution in [0.1, 0.15) is 5.69 Å². The molecule has 11 heteroatoms. The van der Waals surface area contributed by atoms with Crippen LogP contribution in [0.3, 0.4) is 0 Å². The van der Waals surface area contributed by atoms with Crippen molar-refractivity contribution in [2.24, 2.45) is 7.05 Å². The number of nitrogens with zero attached hydrogens (tertiary/aromatic N) is 4. The minimum Gasteiger partial charge on any atom is -0.363 e. The second-order valence-electron chi connectivity index (χ2n) is 4.85. The van der Waals surface area contributed by atoms with E-state index in [9.17, 15) is 18.5 Å². The Morgan fingerprint density at radius 3 is 2.78 bits per heavy atom. The molecular formula is C12H17N5O4S2. The molecule has 2 heterocycles. The standard InChI is InChI=1S/C12H17N5O4S2/c1-9-11(17(18)19)12(16(3)14-9)13-6-7-15(2)23(20,21)10-5-4-8-22-10/h4-5,8,13H,6-7H2,1-3H3. The largest absolute Gasteiger partial charge is 0.363 e. The number of nitro groups is 1. The Bertz CT molecular complexity index is 798. The molecule has 0 bridgehead atoms. The van der Waals surface area contributed by atoms with Gasteiger partial charge in [-0.25, -0.2) is 13.1 Å². The van der Waals surface area contributed by atoms with E-state index in [0.717, 1.165) is 11.3 Å². The van der Waals surface area contributed by atoms with Gasteiger partial charge in [-0.15, -0.1) is 11.3 Å². The van der Waals surface area contributed by atoms with Crippen molar-refractivity contribution in [2.75, 3.05) is 25.5 Å². The molecule has 0 saturated heterocycles. The Morgan fingerprint density at radius 2 is 2.22 bits per heavy atom. The van der Waals surface area contributed by atoms with Crippen molar-refractivity contribution in [3.63, 3.8) is 0 Å². The number of aromatic nitrogens is 2. The Morgan fingerprint density at radius 1 is 1.52 bits per heavy atom. The SMILES string of the molecule is Cc1nn(C)c(NCCN(C)S(=O)(=O)c2cccs2)c1[N+](=O)[O-]. The maximum Gasteiger partial charge on any atom is 0.333 e. The van der Waals surface area contributed by atoms with E-state index in [4.69, 9.17) is 0 Å². The molecule has 23 heavy (non-hydrogen) atoms. The van der Waals surface area contributed by atoms with E-state index in [1.807, 2.05) is 0 Å². The highest BCUT2D eigenvalue weighted by molar-refractivity contribution is 7.91. The van der Waals surface area contributed by atoms with Crippen molar-refractivity contribution in [3.05, 3.63) is 33.3 Å². The number of hydrogen-bond donors (Lipinski definition) is 1. The predicted octanol–water partition coefficient (Wildman–Crippen LogP) is 1.43. The van der Waals surface area contributed by atoms with Gasteiger partial charge in [0.05, 0.1) is 4.92 Å². The fraction of sp³-hybridized carbons (Fsp3) is 0.417. The first kappa shape index (κ1) is 17.4. The van der Waals surface area contributed by atoms with Crippen LogP contribution in [0.4, 0.5) is 11.5 Å². The molecule has 0 unspecified atom stereocenters. The van der Waals surface area contributed by atoms with E-state index in [-0.39, 0.29) is 28.8 Å². The number of aryl methyl sites for hydroxylation is 2. The Hall–Kier alpha value is -1.98. The summed E-state index contributed by atoms with van der Waals surface area (Å²) in [6, 6.07) is 3.21. The van der Waals surface area contributed by atoms with E-state index < -0.39 is 14.9 Å². The third-order valence-electron chi connectivity index (χ3n) is 3.25. The third kappa shape index (κ3) is 3.51. The molecular weight excluding hydrogens is 342 g/mol. The van der Waals surface area contributed by atoms with Gasteiger partial charge in [0.15, 0.2) is 0 Å². The first-order valence-corrected chi connectivity index (χ1v) is 8.99. The van der Waals surface area contributed by atoms with Crippen molar-refractivity contribution < 1.29 is 13.3 Å². The minimum atomic E-state index is -3.53. The molecule has 1 N–H and O–H groups in total. The lowest BCUT2D eigenvalue weighted by Gasteiger charge is -2.16. The molecule has 2 rings (SSSR count). The Kier molecular flexibility index (Phi) is 5.02. The van der Waals surface area contributed by atoms with Gasteiger partial charge in [0, 0.05) is 27.2 Å². The predicted molar refractivity (Wildman–Crippen MR) is 87.2 cm³/mol. The number of anilines is 1. The molecule has 0 amide bonds. The van der Waals surface area contributed by atoms with Gasteiger partial charge in [0.25, 0.3) is 10.0 Å². The number of rotatable bonds is 7. The second kappa shape index (κ2) is 6.64. The van der Waals surface area contributed by atoms with Gasteiger partial charge in [0.2, 0.25) is 5.82 Å². The molecule has 2 aromatic heterocycles. The second-order valence-corrected chi connectivity index (χ2v) is 8.07. The van der Waals surface area contributed by atoms with E-state index in [2.05, 4.69) is 10.4 Å². The van der Waals surface area contributed by atoms with Gasteiger partial charge < -0.3 is 5.32 Å². The van der Waals surface area contributed by atoms with Gasteiger partial charge in [-0.2, -0.15) is 9.40 Å². The zero-order valence-electron chi connectivity index (χ0n) is 12.9.